The standard InChI is InChI=1S/C17H26BrNO/c1-3-11-19-13(2)16-10-9-14(18)12-17(16)20-15-7-5-4-6-8-15/h9-10,12-13,15,19H,3-8,11H2,1-2H3. The van der Waals surface area contributed by atoms with E-state index in [4.69, 9.17) is 4.74 Å². The van der Waals surface area contributed by atoms with E-state index in [1.807, 2.05) is 0 Å². The van der Waals surface area contributed by atoms with E-state index in [2.05, 4.69) is 53.3 Å². The molecule has 0 saturated heterocycles. The summed E-state index contributed by atoms with van der Waals surface area (Å²) in [4.78, 5) is 0. The van der Waals surface area contributed by atoms with Crippen LogP contribution in [0.25, 0.3) is 0 Å². The number of halogens is 1. The zero-order valence-electron chi connectivity index (χ0n) is 12.6. The second-order valence-electron chi connectivity index (χ2n) is 5.74. The molecular weight excluding hydrogens is 314 g/mol. The van der Waals surface area contributed by atoms with Crippen LogP contribution in [0.1, 0.15) is 64.0 Å². The molecule has 1 N–H and O–H groups in total. The van der Waals surface area contributed by atoms with Crippen molar-refractivity contribution in [3.63, 3.8) is 0 Å². The largest absolute Gasteiger partial charge is 0.490 e. The molecule has 1 unspecified atom stereocenters. The van der Waals surface area contributed by atoms with Crippen molar-refractivity contribution in [1.29, 1.82) is 0 Å². The third kappa shape index (κ3) is 4.49. The highest BCUT2D eigenvalue weighted by Crippen LogP contribution is 2.32. The van der Waals surface area contributed by atoms with Crippen LogP contribution >= 0.6 is 15.9 Å². The third-order valence-corrected chi connectivity index (χ3v) is 4.48. The maximum atomic E-state index is 6.30. The number of benzene rings is 1. The first kappa shape index (κ1) is 15.8. The second-order valence-corrected chi connectivity index (χ2v) is 6.65. The summed E-state index contributed by atoms with van der Waals surface area (Å²) in [5.41, 5.74) is 1.27. The van der Waals surface area contributed by atoms with Crippen LogP contribution in [0.5, 0.6) is 5.75 Å². The summed E-state index contributed by atoms with van der Waals surface area (Å²) in [5, 5.41) is 3.55. The smallest absolute Gasteiger partial charge is 0.125 e. The molecule has 1 aromatic carbocycles. The average Bonchev–Trinajstić information content (AvgIpc) is 2.46. The van der Waals surface area contributed by atoms with Crippen molar-refractivity contribution < 1.29 is 4.74 Å². The van der Waals surface area contributed by atoms with Crippen molar-refractivity contribution in [2.24, 2.45) is 0 Å². The van der Waals surface area contributed by atoms with Crippen molar-refractivity contribution in [2.45, 2.75) is 64.5 Å². The fourth-order valence-electron chi connectivity index (χ4n) is 2.80. The summed E-state index contributed by atoms with van der Waals surface area (Å²) in [5.74, 6) is 1.04. The fourth-order valence-corrected chi connectivity index (χ4v) is 3.14. The normalized spacial score (nSPS) is 17.9. The van der Waals surface area contributed by atoms with Gasteiger partial charge in [0.05, 0.1) is 6.10 Å². The lowest BCUT2D eigenvalue weighted by Crippen LogP contribution is -2.23. The van der Waals surface area contributed by atoms with Gasteiger partial charge in [-0.25, -0.2) is 0 Å². The summed E-state index contributed by atoms with van der Waals surface area (Å²) in [7, 11) is 0. The first-order valence-corrected chi connectivity index (χ1v) is 8.69. The van der Waals surface area contributed by atoms with Crippen LogP contribution in [-0.2, 0) is 0 Å². The highest BCUT2D eigenvalue weighted by atomic mass is 79.9. The summed E-state index contributed by atoms with van der Waals surface area (Å²) < 4.78 is 7.39. The van der Waals surface area contributed by atoms with E-state index in [1.54, 1.807) is 0 Å². The monoisotopic (exact) mass is 339 g/mol. The lowest BCUT2D eigenvalue weighted by atomic mass is 9.97. The lowest BCUT2D eigenvalue weighted by Gasteiger charge is -2.26. The number of ether oxygens (including phenoxy) is 1. The molecule has 1 aliphatic carbocycles. The van der Waals surface area contributed by atoms with Crippen molar-refractivity contribution in [1.82, 2.24) is 5.32 Å². The van der Waals surface area contributed by atoms with Gasteiger partial charge < -0.3 is 10.1 Å². The fraction of sp³-hybridized carbons (Fsp3) is 0.647. The molecule has 0 aliphatic heterocycles. The van der Waals surface area contributed by atoms with E-state index in [1.165, 1.54) is 37.7 Å². The van der Waals surface area contributed by atoms with E-state index in [0.717, 1.165) is 23.2 Å². The maximum absolute atomic E-state index is 6.30. The topological polar surface area (TPSA) is 21.3 Å². The molecule has 20 heavy (non-hydrogen) atoms. The second kappa shape index (κ2) is 8.04. The summed E-state index contributed by atoms with van der Waals surface area (Å²) in [6.45, 7) is 5.45. The van der Waals surface area contributed by atoms with Crippen molar-refractivity contribution in [3.05, 3.63) is 28.2 Å². The van der Waals surface area contributed by atoms with Crippen LogP contribution in [0.2, 0.25) is 0 Å². The van der Waals surface area contributed by atoms with Gasteiger partial charge in [0.15, 0.2) is 0 Å². The molecular formula is C17H26BrNO. The SMILES string of the molecule is CCCNC(C)c1ccc(Br)cc1OC1CCCCC1. The quantitative estimate of drug-likeness (QED) is 0.766. The average molecular weight is 340 g/mol. The van der Waals surface area contributed by atoms with Gasteiger partial charge in [0.2, 0.25) is 0 Å². The zero-order chi connectivity index (χ0) is 14.4. The van der Waals surface area contributed by atoms with Crippen LogP contribution in [0.15, 0.2) is 22.7 Å². The van der Waals surface area contributed by atoms with Gasteiger partial charge in [-0.3, -0.25) is 0 Å². The van der Waals surface area contributed by atoms with Gasteiger partial charge in [-0.05, 0) is 57.7 Å². The van der Waals surface area contributed by atoms with Crippen molar-refractivity contribution in [2.75, 3.05) is 6.54 Å². The van der Waals surface area contributed by atoms with E-state index in [-0.39, 0.29) is 0 Å². The Labute approximate surface area is 131 Å². The molecule has 3 heteroatoms. The molecule has 1 aromatic rings. The molecule has 0 spiro atoms. The first-order valence-electron chi connectivity index (χ1n) is 7.90. The minimum atomic E-state index is 0.335. The Hall–Kier alpha value is -0.540. The molecule has 1 fully saturated rings. The molecule has 1 aliphatic rings. The Kier molecular flexibility index (Phi) is 6.37. The highest BCUT2D eigenvalue weighted by molar-refractivity contribution is 9.10. The molecule has 1 atom stereocenters. The van der Waals surface area contributed by atoms with Crippen LogP contribution < -0.4 is 10.1 Å². The molecule has 112 valence electrons. The predicted molar refractivity (Wildman–Crippen MR) is 88.4 cm³/mol. The minimum Gasteiger partial charge on any atom is -0.490 e. The highest BCUT2D eigenvalue weighted by Gasteiger charge is 2.18. The molecule has 1 saturated carbocycles. The number of hydrogen-bond donors (Lipinski definition) is 1. The van der Waals surface area contributed by atoms with E-state index in [9.17, 15) is 0 Å². The number of hydrogen-bond acceptors (Lipinski definition) is 2. The Morgan fingerprint density at radius 2 is 2.05 bits per heavy atom. The van der Waals surface area contributed by atoms with Crippen LogP contribution in [0.3, 0.4) is 0 Å². The molecule has 0 aromatic heterocycles. The first-order chi connectivity index (χ1) is 9.70. The Bertz CT molecular complexity index is 415. The Morgan fingerprint density at radius 3 is 2.75 bits per heavy atom. The van der Waals surface area contributed by atoms with E-state index in [0.29, 0.717) is 12.1 Å². The van der Waals surface area contributed by atoms with E-state index >= 15 is 0 Å². The molecule has 0 heterocycles. The molecule has 0 radical (unpaired) electrons. The number of rotatable bonds is 6. The van der Waals surface area contributed by atoms with Crippen LogP contribution in [0.4, 0.5) is 0 Å². The Balaban J connectivity index is 2.10. The molecule has 0 bridgehead atoms. The predicted octanol–water partition coefficient (Wildman–Crippen LogP) is 5.22. The third-order valence-electron chi connectivity index (χ3n) is 3.99. The van der Waals surface area contributed by atoms with Gasteiger partial charge in [0.1, 0.15) is 5.75 Å². The van der Waals surface area contributed by atoms with Crippen LogP contribution in [-0.4, -0.2) is 12.6 Å². The van der Waals surface area contributed by atoms with E-state index < -0.39 is 0 Å². The summed E-state index contributed by atoms with van der Waals surface area (Å²) in [6, 6.07) is 6.73. The van der Waals surface area contributed by atoms with Crippen LogP contribution in [0, 0.1) is 0 Å². The lowest BCUT2D eigenvalue weighted by molar-refractivity contribution is 0.152. The van der Waals surface area contributed by atoms with Gasteiger partial charge in [-0.2, -0.15) is 0 Å². The van der Waals surface area contributed by atoms with Crippen molar-refractivity contribution >= 4 is 15.9 Å². The van der Waals surface area contributed by atoms with Gasteiger partial charge in [0.25, 0.3) is 0 Å². The number of nitrogens with one attached hydrogen (secondary N) is 1. The zero-order valence-corrected chi connectivity index (χ0v) is 14.2. The van der Waals surface area contributed by atoms with Gasteiger partial charge in [0, 0.05) is 16.1 Å². The molecule has 0 amide bonds. The van der Waals surface area contributed by atoms with Crippen molar-refractivity contribution in [3.8, 4) is 5.75 Å². The Morgan fingerprint density at radius 1 is 1.30 bits per heavy atom. The van der Waals surface area contributed by atoms with Gasteiger partial charge >= 0.3 is 0 Å². The maximum Gasteiger partial charge on any atom is 0.125 e. The molecule has 2 nitrogen and oxygen atoms in total. The van der Waals surface area contributed by atoms with Gasteiger partial charge in [-0.15, -0.1) is 0 Å². The van der Waals surface area contributed by atoms with Gasteiger partial charge in [-0.1, -0.05) is 35.3 Å². The molecule has 2 rings (SSSR count). The summed E-state index contributed by atoms with van der Waals surface area (Å²) in [6.07, 6.45) is 7.91. The summed E-state index contributed by atoms with van der Waals surface area (Å²) >= 11 is 3.56. The minimum absolute atomic E-state index is 0.335.